The lowest BCUT2D eigenvalue weighted by molar-refractivity contribution is -0.134. The summed E-state index contributed by atoms with van der Waals surface area (Å²) >= 11 is 0. The van der Waals surface area contributed by atoms with E-state index in [1.165, 1.54) is 43.6 Å². The lowest BCUT2D eigenvalue weighted by atomic mass is 10.1. The van der Waals surface area contributed by atoms with Gasteiger partial charge in [0.05, 0.1) is 5.71 Å². The fourth-order valence-electron chi connectivity index (χ4n) is 2.52. The molecule has 176 valence electrons. The number of ketones is 1. The smallest absolute Gasteiger partial charge is 0.311 e. The molecule has 0 fully saturated rings. The molecule has 0 saturated carbocycles. The molecular weight excluding hydrogens is 418 g/mol. The van der Waals surface area contributed by atoms with Crippen LogP contribution >= 0.6 is 0 Å². The number of aromatic hydroxyl groups is 1. The number of benzene rings is 2. The van der Waals surface area contributed by atoms with E-state index in [1.807, 2.05) is 0 Å². The molecule has 3 rings (SSSR count). The number of phenols is 1. The van der Waals surface area contributed by atoms with E-state index in [-0.39, 0.29) is 17.5 Å². The Labute approximate surface area is 195 Å². The lowest BCUT2D eigenvalue weighted by Gasteiger charge is -2.04. The molecule has 0 amide bonds. The minimum Gasteiger partial charge on any atom is -0.508 e. The molecule has 6 N–H and O–H groups in total. The number of carbonyl (C=O) groups is 2. The zero-order chi connectivity index (χ0) is 24.5. The summed E-state index contributed by atoms with van der Waals surface area (Å²) in [5, 5.41) is 15.7. The van der Waals surface area contributed by atoms with Crippen molar-refractivity contribution in [3.8, 4) is 11.5 Å². The Balaban J connectivity index is 0.000000281. The minimum absolute atomic E-state index is 0.0407. The molecule has 2 aromatic rings. The van der Waals surface area contributed by atoms with E-state index >= 15 is 0 Å². The standard InChI is InChI=1S/C14H21NO2.C6H7NO.C6H5NO/c1-2-3-4-5-6-7-14(16)17-13-10-8-12(15)9-11-13;2*7-5-1-3-6(8)4-2-5/h8-11H,2-7,15H2,1H3;1-4,8H,7H2;1-4,7H. The van der Waals surface area contributed by atoms with E-state index in [9.17, 15) is 9.59 Å². The Morgan fingerprint density at radius 2 is 1.36 bits per heavy atom. The van der Waals surface area contributed by atoms with Crippen LogP contribution in [0.15, 0.2) is 72.8 Å². The van der Waals surface area contributed by atoms with Crippen molar-refractivity contribution in [2.75, 3.05) is 11.5 Å². The van der Waals surface area contributed by atoms with E-state index in [4.69, 9.17) is 26.7 Å². The largest absolute Gasteiger partial charge is 0.508 e. The van der Waals surface area contributed by atoms with Gasteiger partial charge in [-0.3, -0.25) is 9.59 Å². The number of nitrogens with two attached hydrogens (primary N) is 2. The van der Waals surface area contributed by atoms with Gasteiger partial charge in [0.25, 0.3) is 0 Å². The monoisotopic (exact) mass is 451 g/mol. The van der Waals surface area contributed by atoms with E-state index in [0.717, 1.165) is 12.8 Å². The molecule has 7 nitrogen and oxygen atoms in total. The van der Waals surface area contributed by atoms with Gasteiger partial charge in [-0.1, -0.05) is 32.6 Å². The van der Waals surface area contributed by atoms with Crippen molar-refractivity contribution in [1.29, 1.82) is 5.41 Å². The molecule has 0 aromatic heterocycles. The van der Waals surface area contributed by atoms with Gasteiger partial charge in [0.1, 0.15) is 11.5 Å². The van der Waals surface area contributed by atoms with E-state index in [0.29, 0.717) is 29.3 Å². The molecular formula is C26H33N3O4. The normalized spacial score (nSPS) is 11.7. The SMILES string of the molecule is CCCCCCCC(=O)Oc1ccc(N)cc1.N=C1C=CC(=O)C=C1.Nc1ccc(O)cc1. The molecule has 7 heteroatoms. The molecule has 1 aliphatic carbocycles. The van der Waals surface area contributed by atoms with Gasteiger partial charge in [0.2, 0.25) is 0 Å². The predicted molar refractivity (Wildman–Crippen MR) is 133 cm³/mol. The zero-order valence-corrected chi connectivity index (χ0v) is 19.0. The highest BCUT2D eigenvalue weighted by molar-refractivity contribution is 6.15. The Bertz CT molecular complexity index is 874. The second-order valence-corrected chi connectivity index (χ2v) is 7.32. The summed E-state index contributed by atoms with van der Waals surface area (Å²) in [6.45, 7) is 2.18. The summed E-state index contributed by atoms with van der Waals surface area (Å²) in [6, 6.07) is 13.3. The zero-order valence-electron chi connectivity index (χ0n) is 19.0. The second kappa shape index (κ2) is 15.9. The summed E-state index contributed by atoms with van der Waals surface area (Å²) < 4.78 is 5.18. The number of nitrogens with one attached hydrogen (secondary N) is 1. The number of allylic oxidation sites excluding steroid dienone is 4. The first-order valence-electron chi connectivity index (χ1n) is 10.9. The summed E-state index contributed by atoms with van der Waals surface area (Å²) in [6.07, 6.45) is 11.9. The Morgan fingerprint density at radius 1 is 0.848 bits per heavy atom. The molecule has 0 bridgehead atoms. The van der Waals surface area contributed by atoms with Gasteiger partial charge >= 0.3 is 5.97 Å². The average Bonchev–Trinajstić information content (AvgIpc) is 2.80. The molecule has 0 atom stereocenters. The first-order chi connectivity index (χ1) is 15.8. The number of phenolic OH excluding ortho intramolecular Hbond substituents is 1. The van der Waals surface area contributed by atoms with Crippen molar-refractivity contribution in [2.24, 2.45) is 0 Å². The maximum atomic E-state index is 11.5. The summed E-state index contributed by atoms with van der Waals surface area (Å²) in [4.78, 5) is 21.8. The van der Waals surface area contributed by atoms with Gasteiger partial charge in [-0.25, -0.2) is 0 Å². The third kappa shape index (κ3) is 13.9. The van der Waals surface area contributed by atoms with Crippen LogP contribution in [0.3, 0.4) is 0 Å². The van der Waals surface area contributed by atoms with Crippen LogP contribution < -0.4 is 16.2 Å². The molecule has 1 aliphatic rings. The van der Waals surface area contributed by atoms with Gasteiger partial charge < -0.3 is 26.7 Å². The number of carbonyl (C=O) groups excluding carboxylic acids is 2. The Morgan fingerprint density at radius 3 is 1.85 bits per heavy atom. The lowest BCUT2D eigenvalue weighted by Crippen LogP contribution is -2.07. The summed E-state index contributed by atoms with van der Waals surface area (Å²) in [5.41, 5.74) is 12.6. The number of hydrogen-bond acceptors (Lipinski definition) is 7. The van der Waals surface area contributed by atoms with Crippen LogP contribution in [0.1, 0.15) is 45.4 Å². The van der Waals surface area contributed by atoms with Crippen molar-refractivity contribution in [3.05, 3.63) is 72.8 Å². The topological polar surface area (TPSA) is 139 Å². The number of anilines is 2. The highest BCUT2D eigenvalue weighted by Crippen LogP contribution is 2.14. The fraction of sp³-hybridized carbons (Fsp3) is 0.269. The van der Waals surface area contributed by atoms with Gasteiger partial charge in [-0.15, -0.1) is 0 Å². The average molecular weight is 452 g/mol. The van der Waals surface area contributed by atoms with Gasteiger partial charge in [0, 0.05) is 17.8 Å². The maximum absolute atomic E-state index is 11.5. The third-order valence-corrected chi connectivity index (χ3v) is 4.34. The molecule has 0 unspecified atom stereocenters. The summed E-state index contributed by atoms with van der Waals surface area (Å²) in [7, 11) is 0. The van der Waals surface area contributed by atoms with Gasteiger partial charge in [-0.05, 0) is 79.3 Å². The number of hydrogen-bond donors (Lipinski definition) is 4. The van der Waals surface area contributed by atoms with Crippen molar-refractivity contribution in [2.45, 2.75) is 45.4 Å². The van der Waals surface area contributed by atoms with Crippen molar-refractivity contribution in [3.63, 3.8) is 0 Å². The minimum atomic E-state index is -0.161. The van der Waals surface area contributed by atoms with Crippen LogP contribution in [-0.2, 0) is 9.59 Å². The van der Waals surface area contributed by atoms with E-state index < -0.39 is 0 Å². The first kappa shape index (κ1) is 27.2. The quantitative estimate of drug-likeness (QED) is 0.114. The number of unbranched alkanes of at least 4 members (excludes halogenated alkanes) is 4. The van der Waals surface area contributed by atoms with Crippen molar-refractivity contribution < 1.29 is 19.4 Å². The van der Waals surface area contributed by atoms with Gasteiger partial charge in [0.15, 0.2) is 5.78 Å². The highest BCUT2D eigenvalue weighted by Gasteiger charge is 2.04. The fourth-order valence-corrected chi connectivity index (χ4v) is 2.52. The molecule has 0 saturated heterocycles. The highest BCUT2D eigenvalue weighted by atomic mass is 16.5. The van der Waals surface area contributed by atoms with E-state index in [2.05, 4.69) is 6.92 Å². The Kier molecular flexibility index (Phi) is 13.1. The number of esters is 1. The maximum Gasteiger partial charge on any atom is 0.311 e. The molecule has 33 heavy (non-hydrogen) atoms. The molecule has 0 heterocycles. The molecule has 0 radical (unpaired) electrons. The van der Waals surface area contributed by atoms with Crippen molar-refractivity contribution in [1.82, 2.24) is 0 Å². The number of rotatable bonds is 7. The Hall–Kier alpha value is -3.87. The number of nitrogen functional groups attached to an aromatic ring is 2. The third-order valence-electron chi connectivity index (χ3n) is 4.34. The number of ether oxygens (including phenoxy) is 1. The van der Waals surface area contributed by atoms with Crippen LogP contribution in [0.2, 0.25) is 0 Å². The van der Waals surface area contributed by atoms with Crippen LogP contribution in [-0.4, -0.2) is 22.6 Å². The van der Waals surface area contributed by atoms with E-state index in [1.54, 1.807) is 48.5 Å². The molecule has 0 aliphatic heterocycles. The van der Waals surface area contributed by atoms with Crippen LogP contribution in [0.5, 0.6) is 11.5 Å². The first-order valence-corrected chi connectivity index (χ1v) is 10.9. The molecule has 2 aromatic carbocycles. The summed E-state index contributed by atoms with van der Waals surface area (Å²) in [5.74, 6) is 0.615. The van der Waals surface area contributed by atoms with Crippen LogP contribution in [0.25, 0.3) is 0 Å². The second-order valence-electron chi connectivity index (χ2n) is 7.32. The predicted octanol–water partition coefficient (Wildman–Crippen LogP) is 5.21. The van der Waals surface area contributed by atoms with Crippen molar-refractivity contribution >= 4 is 28.8 Å². The van der Waals surface area contributed by atoms with Gasteiger partial charge in [-0.2, -0.15) is 0 Å². The van der Waals surface area contributed by atoms with Crippen LogP contribution in [0, 0.1) is 5.41 Å². The molecule has 0 spiro atoms. The van der Waals surface area contributed by atoms with Crippen LogP contribution in [0.4, 0.5) is 11.4 Å².